The van der Waals surface area contributed by atoms with Crippen LogP contribution in [-0.4, -0.2) is 58.2 Å². The van der Waals surface area contributed by atoms with Gasteiger partial charge in [-0.05, 0) is 31.2 Å². The minimum atomic E-state index is -1.25. The summed E-state index contributed by atoms with van der Waals surface area (Å²) in [6, 6.07) is 6.79. The highest BCUT2D eigenvalue weighted by Crippen LogP contribution is 2.14. The summed E-state index contributed by atoms with van der Waals surface area (Å²) in [7, 11) is 0. The Balaban J connectivity index is 2.63. The van der Waals surface area contributed by atoms with Crippen LogP contribution in [0.4, 0.5) is 11.4 Å². The Morgan fingerprint density at radius 3 is 2.20 bits per heavy atom. The highest BCUT2D eigenvalue weighted by atomic mass is 16.5. The molecule has 0 aromatic heterocycles. The molecular weight excluding hydrogens is 264 g/mol. The molecule has 1 rings (SSSR count). The smallest absolute Gasteiger partial charge is 0.151 e. The largest absolute Gasteiger partial charge is 0.399 e. The van der Waals surface area contributed by atoms with E-state index in [0.717, 1.165) is 0 Å². The van der Waals surface area contributed by atoms with Crippen molar-refractivity contribution in [3.05, 3.63) is 24.3 Å². The Kier molecular flexibility index (Phi) is 6.69. The summed E-state index contributed by atoms with van der Waals surface area (Å²) < 4.78 is 5.35. The Hall–Kier alpha value is -1.38. The van der Waals surface area contributed by atoms with Gasteiger partial charge in [0, 0.05) is 11.4 Å². The lowest BCUT2D eigenvalue weighted by Gasteiger charge is -2.28. The van der Waals surface area contributed by atoms with Crippen molar-refractivity contribution in [2.45, 2.75) is 31.5 Å². The Labute approximate surface area is 117 Å². The lowest BCUT2D eigenvalue weighted by atomic mass is 10.1. The first-order chi connectivity index (χ1) is 9.47. The maximum absolute atomic E-state index is 9.67. The van der Waals surface area contributed by atoms with E-state index in [0.29, 0.717) is 11.4 Å². The van der Waals surface area contributed by atoms with Crippen LogP contribution < -0.4 is 11.1 Å². The normalized spacial score (nSPS) is 17.2. The van der Waals surface area contributed by atoms with Crippen LogP contribution in [0.1, 0.15) is 6.92 Å². The van der Waals surface area contributed by atoms with E-state index in [1.165, 1.54) is 6.92 Å². The molecule has 1 aromatic carbocycles. The van der Waals surface area contributed by atoms with Crippen LogP contribution in [0.15, 0.2) is 24.3 Å². The summed E-state index contributed by atoms with van der Waals surface area (Å²) in [6.07, 6.45) is -4.14. The monoisotopic (exact) mass is 286 g/mol. The van der Waals surface area contributed by atoms with Crippen molar-refractivity contribution in [1.29, 1.82) is 0 Å². The number of benzene rings is 1. The molecule has 0 saturated heterocycles. The third-order valence-corrected chi connectivity index (χ3v) is 2.80. The summed E-state index contributed by atoms with van der Waals surface area (Å²) in [5.41, 5.74) is 6.84. The molecule has 114 valence electrons. The first-order valence-corrected chi connectivity index (χ1v) is 6.33. The summed E-state index contributed by atoms with van der Waals surface area (Å²) in [6.45, 7) is 0.539. The molecule has 0 aliphatic carbocycles. The SMILES string of the molecule is CC(O)C(O)C(CO)OC(CO)Nc1ccc(N)cc1. The van der Waals surface area contributed by atoms with E-state index in [-0.39, 0.29) is 6.61 Å². The van der Waals surface area contributed by atoms with Crippen LogP contribution >= 0.6 is 0 Å². The van der Waals surface area contributed by atoms with Crippen molar-refractivity contribution in [3.63, 3.8) is 0 Å². The third kappa shape index (κ3) is 4.95. The van der Waals surface area contributed by atoms with Crippen LogP contribution in [0.5, 0.6) is 0 Å². The molecule has 0 bridgehead atoms. The van der Waals surface area contributed by atoms with Crippen molar-refractivity contribution in [2.75, 3.05) is 24.3 Å². The molecule has 7 nitrogen and oxygen atoms in total. The number of hydrogen-bond donors (Lipinski definition) is 6. The van der Waals surface area contributed by atoms with Gasteiger partial charge in [0.1, 0.15) is 12.2 Å². The van der Waals surface area contributed by atoms with E-state index in [4.69, 9.17) is 10.5 Å². The summed E-state index contributed by atoms with van der Waals surface area (Å²) in [5.74, 6) is 0. The number of ether oxygens (including phenoxy) is 1. The number of nitrogens with one attached hydrogen (secondary N) is 1. The van der Waals surface area contributed by atoms with Crippen molar-refractivity contribution in [1.82, 2.24) is 0 Å². The van der Waals surface area contributed by atoms with E-state index >= 15 is 0 Å². The number of nitrogens with two attached hydrogens (primary N) is 1. The van der Waals surface area contributed by atoms with Gasteiger partial charge in [-0.2, -0.15) is 0 Å². The fourth-order valence-electron chi connectivity index (χ4n) is 1.64. The summed E-state index contributed by atoms with van der Waals surface area (Å²) in [5, 5.41) is 40.3. The summed E-state index contributed by atoms with van der Waals surface area (Å²) >= 11 is 0. The van der Waals surface area contributed by atoms with Gasteiger partial charge >= 0.3 is 0 Å². The van der Waals surface area contributed by atoms with Gasteiger partial charge in [0.15, 0.2) is 6.23 Å². The molecule has 7 N–H and O–H groups in total. The van der Waals surface area contributed by atoms with Crippen LogP contribution in [0.25, 0.3) is 0 Å². The minimum absolute atomic E-state index is 0.368. The average molecular weight is 286 g/mol. The average Bonchev–Trinajstić information content (AvgIpc) is 2.44. The molecular formula is C13H22N2O5. The highest BCUT2D eigenvalue weighted by molar-refractivity contribution is 5.51. The van der Waals surface area contributed by atoms with Gasteiger partial charge < -0.3 is 36.2 Å². The van der Waals surface area contributed by atoms with Gasteiger partial charge in [0.05, 0.1) is 19.3 Å². The topological polar surface area (TPSA) is 128 Å². The molecule has 20 heavy (non-hydrogen) atoms. The van der Waals surface area contributed by atoms with Gasteiger partial charge in [0.25, 0.3) is 0 Å². The third-order valence-electron chi connectivity index (χ3n) is 2.80. The second-order valence-corrected chi connectivity index (χ2v) is 4.53. The molecule has 0 aliphatic heterocycles. The minimum Gasteiger partial charge on any atom is -0.399 e. The lowest BCUT2D eigenvalue weighted by molar-refractivity contribution is -0.129. The molecule has 0 radical (unpaired) electrons. The molecule has 1 aromatic rings. The first-order valence-electron chi connectivity index (χ1n) is 6.33. The van der Waals surface area contributed by atoms with Crippen molar-refractivity contribution >= 4 is 11.4 Å². The maximum atomic E-state index is 9.67. The summed E-state index contributed by atoms with van der Waals surface area (Å²) in [4.78, 5) is 0. The molecule has 4 atom stereocenters. The number of anilines is 2. The molecule has 0 fully saturated rings. The van der Waals surface area contributed by atoms with Gasteiger partial charge in [0.2, 0.25) is 0 Å². The molecule has 0 aliphatic rings. The lowest BCUT2D eigenvalue weighted by Crippen LogP contribution is -2.44. The zero-order chi connectivity index (χ0) is 15.1. The predicted octanol–water partition coefficient (Wildman–Crippen LogP) is -0.882. The van der Waals surface area contributed by atoms with E-state index in [9.17, 15) is 20.4 Å². The van der Waals surface area contributed by atoms with Gasteiger partial charge in [-0.25, -0.2) is 0 Å². The number of aliphatic hydroxyl groups is 4. The number of aliphatic hydroxyl groups excluding tert-OH is 4. The van der Waals surface area contributed by atoms with Crippen LogP contribution in [0.2, 0.25) is 0 Å². The molecule has 4 unspecified atom stereocenters. The van der Waals surface area contributed by atoms with E-state index in [1.807, 2.05) is 0 Å². The highest BCUT2D eigenvalue weighted by Gasteiger charge is 2.26. The first kappa shape index (κ1) is 16.7. The van der Waals surface area contributed by atoms with Crippen molar-refractivity contribution in [3.8, 4) is 0 Å². The van der Waals surface area contributed by atoms with Gasteiger partial charge in [-0.1, -0.05) is 0 Å². The molecule has 7 heteroatoms. The number of rotatable bonds is 8. The zero-order valence-corrected chi connectivity index (χ0v) is 11.3. The quantitative estimate of drug-likeness (QED) is 0.270. The van der Waals surface area contributed by atoms with Crippen molar-refractivity contribution < 1.29 is 25.2 Å². The van der Waals surface area contributed by atoms with Crippen LogP contribution in [-0.2, 0) is 4.74 Å². The Morgan fingerprint density at radius 1 is 1.15 bits per heavy atom. The van der Waals surface area contributed by atoms with E-state index < -0.39 is 31.1 Å². The predicted molar refractivity (Wildman–Crippen MR) is 75.0 cm³/mol. The van der Waals surface area contributed by atoms with E-state index in [1.54, 1.807) is 24.3 Å². The van der Waals surface area contributed by atoms with E-state index in [2.05, 4.69) is 5.32 Å². The second kappa shape index (κ2) is 8.03. The molecule has 0 spiro atoms. The van der Waals surface area contributed by atoms with Gasteiger partial charge in [-0.15, -0.1) is 0 Å². The Bertz CT molecular complexity index is 385. The van der Waals surface area contributed by atoms with Gasteiger partial charge in [-0.3, -0.25) is 0 Å². The fraction of sp³-hybridized carbons (Fsp3) is 0.538. The standard InChI is InChI=1S/C13H22N2O5/c1-8(18)13(19)11(6-16)20-12(7-17)15-10-4-2-9(14)3-5-10/h2-5,8,11-13,15-19H,6-7,14H2,1H3. The second-order valence-electron chi connectivity index (χ2n) is 4.53. The molecule has 0 saturated carbocycles. The fourth-order valence-corrected chi connectivity index (χ4v) is 1.64. The molecule has 0 heterocycles. The van der Waals surface area contributed by atoms with Crippen LogP contribution in [0, 0.1) is 0 Å². The molecule has 0 amide bonds. The number of nitrogen functional groups attached to an aromatic ring is 1. The number of hydrogen-bond acceptors (Lipinski definition) is 7. The Morgan fingerprint density at radius 2 is 1.75 bits per heavy atom. The zero-order valence-electron chi connectivity index (χ0n) is 11.3. The maximum Gasteiger partial charge on any atom is 0.151 e. The van der Waals surface area contributed by atoms with Crippen LogP contribution in [0.3, 0.4) is 0 Å². The van der Waals surface area contributed by atoms with Crippen molar-refractivity contribution in [2.24, 2.45) is 0 Å².